The molecule has 0 saturated heterocycles. The number of hydrogen-bond donors (Lipinski definition) is 1. The highest BCUT2D eigenvalue weighted by molar-refractivity contribution is 6.31. The second-order valence-corrected chi connectivity index (χ2v) is 4.87. The monoisotopic (exact) mass is 313 g/mol. The summed E-state index contributed by atoms with van der Waals surface area (Å²) in [6.45, 7) is 0.0844. The molecule has 0 bridgehead atoms. The van der Waals surface area contributed by atoms with Crippen LogP contribution in [0.25, 0.3) is 0 Å². The van der Waals surface area contributed by atoms with Crippen LogP contribution in [0.2, 0.25) is 10.0 Å². The molecule has 104 valence electrons. The molecule has 1 amide bonds. The first-order chi connectivity index (χ1) is 9.47. The minimum Gasteiger partial charge on any atom is -0.488 e. The summed E-state index contributed by atoms with van der Waals surface area (Å²) in [5, 5.41) is 0.630. The lowest BCUT2D eigenvalue weighted by atomic mass is 10.2. The molecule has 0 atom stereocenters. The molecule has 0 aliphatic heterocycles. The van der Waals surface area contributed by atoms with E-state index in [0.29, 0.717) is 16.3 Å². The van der Waals surface area contributed by atoms with Crippen molar-refractivity contribution in [1.82, 2.24) is 0 Å². The summed E-state index contributed by atoms with van der Waals surface area (Å²) >= 11 is 11.7. The smallest absolute Gasteiger partial charge is 0.252 e. The van der Waals surface area contributed by atoms with E-state index in [1.165, 1.54) is 24.3 Å². The Labute approximate surface area is 125 Å². The minimum atomic E-state index is -0.646. The number of benzene rings is 2. The van der Waals surface area contributed by atoms with Crippen LogP contribution >= 0.6 is 23.2 Å². The van der Waals surface area contributed by atoms with E-state index in [1.54, 1.807) is 12.1 Å². The molecule has 2 aromatic carbocycles. The van der Waals surface area contributed by atoms with Crippen LogP contribution in [0.4, 0.5) is 4.39 Å². The molecule has 2 N–H and O–H groups in total. The molecule has 0 saturated carbocycles. The second kappa shape index (κ2) is 6.11. The highest BCUT2D eigenvalue weighted by Gasteiger charge is 2.11. The van der Waals surface area contributed by atoms with Crippen molar-refractivity contribution in [2.24, 2.45) is 5.73 Å². The number of primary amides is 1. The van der Waals surface area contributed by atoms with E-state index in [-0.39, 0.29) is 17.2 Å². The van der Waals surface area contributed by atoms with Crippen molar-refractivity contribution in [3.8, 4) is 5.75 Å². The van der Waals surface area contributed by atoms with E-state index in [0.717, 1.165) is 0 Å². The molecule has 0 spiro atoms. The van der Waals surface area contributed by atoms with Crippen LogP contribution < -0.4 is 10.5 Å². The SMILES string of the molecule is NC(=O)c1cc(Cl)ccc1OCc1ccc(F)cc1Cl. The molecule has 0 heterocycles. The average molecular weight is 314 g/mol. The standard InChI is InChI=1S/C14H10Cl2FNO2/c15-9-2-4-13(11(5-9)14(18)19)20-7-8-1-3-10(17)6-12(8)16/h1-6H,7H2,(H2,18,19). The Morgan fingerprint density at radius 3 is 2.60 bits per heavy atom. The third kappa shape index (κ3) is 3.40. The van der Waals surface area contributed by atoms with Crippen LogP contribution in [0, 0.1) is 5.82 Å². The Bertz CT molecular complexity index is 662. The van der Waals surface area contributed by atoms with Crippen molar-refractivity contribution >= 4 is 29.1 Å². The highest BCUT2D eigenvalue weighted by atomic mass is 35.5. The zero-order valence-electron chi connectivity index (χ0n) is 10.2. The predicted molar refractivity (Wildman–Crippen MR) is 75.7 cm³/mol. The number of ether oxygens (including phenoxy) is 1. The zero-order valence-corrected chi connectivity index (χ0v) is 11.7. The van der Waals surface area contributed by atoms with E-state index in [1.807, 2.05) is 0 Å². The summed E-state index contributed by atoms with van der Waals surface area (Å²) in [4.78, 5) is 11.3. The lowest BCUT2D eigenvalue weighted by molar-refractivity contribution is 0.0996. The van der Waals surface area contributed by atoms with Crippen molar-refractivity contribution in [2.45, 2.75) is 6.61 Å². The molecule has 2 aromatic rings. The summed E-state index contributed by atoms with van der Waals surface area (Å²) in [7, 11) is 0. The maximum atomic E-state index is 12.9. The van der Waals surface area contributed by atoms with Gasteiger partial charge in [0.25, 0.3) is 5.91 Å². The summed E-state index contributed by atoms with van der Waals surface area (Å²) in [5.41, 5.74) is 6.02. The third-order valence-corrected chi connectivity index (χ3v) is 3.19. The van der Waals surface area contributed by atoms with Gasteiger partial charge >= 0.3 is 0 Å². The molecule has 0 aliphatic rings. The molecule has 0 unspecified atom stereocenters. The van der Waals surface area contributed by atoms with Gasteiger partial charge in [0.05, 0.1) is 10.6 Å². The van der Waals surface area contributed by atoms with Crippen molar-refractivity contribution in [3.63, 3.8) is 0 Å². The normalized spacial score (nSPS) is 10.3. The van der Waals surface area contributed by atoms with Gasteiger partial charge in [-0.1, -0.05) is 29.3 Å². The maximum Gasteiger partial charge on any atom is 0.252 e. The Morgan fingerprint density at radius 1 is 1.20 bits per heavy atom. The highest BCUT2D eigenvalue weighted by Crippen LogP contribution is 2.25. The first kappa shape index (κ1) is 14.6. The van der Waals surface area contributed by atoms with Crippen LogP contribution in [0.5, 0.6) is 5.75 Å². The number of halogens is 3. The van der Waals surface area contributed by atoms with E-state index in [2.05, 4.69) is 0 Å². The molecule has 0 aliphatic carbocycles. The third-order valence-electron chi connectivity index (χ3n) is 2.61. The van der Waals surface area contributed by atoms with Crippen LogP contribution in [0.1, 0.15) is 15.9 Å². The largest absolute Gasteiger partial charge is 0.488 e. The Kier molecular flexibility index (Phi) is 4.47. The van der Waals surface area contributed by atoms with E-state index in [4.69, 9.17) is 33.7 Å². The number of carbonyl (C=O) groups excluding carboxylic acids is 1. The predicted octanol–water partition coefficient (Wildman–Crippen LogP) is 3.81. The fourth-order valence-electron chi connectivity index (χ4n) is 1.61. The van der Waals surface area contributed by atoms with Gasteiger partial charge in [0.1, 0.15) is 18.2 Å². The number of nitrogens with two attached hydrogens (primary N) is 1. The fraction of sp³-hybridized carbons (Fsp3) is 0.0714. The van der Waals surface area contributed by atoms with Crippen LogP contribution in [0.15, 0.2) is 36.4 Å². The molecule has 20 heavy (non-hydrogen) atoms. The number of amides is 1. The maximum absolute atomic E-state index is 12.9. The minimum absolute atomic E-state index is 0.0844. The first-order valence-electron chi connectivity index (χ1n) is 5.63. The van der Waals surface area contributed by atoms with E-state index in [9.17, 15) is 9.18 Å². The van der Waals surface area contributed by atoms with Gasteiger partial charge in [0, 0.05) is 10.6 Å². The van der Waals surface area contributed by atoms with Gasteiger partial charge in [-0.25, -0.2) is 4.39 Å². The zero-order chi connectivity index (χ0) is 14.7. The van der Waals surface area contributed by atoms with Gasteiger partial charge in [-0.05, 0) is 30.3 Å². The van der Waals surface area contributed by atoms with Crippen molar-refractivity contribution in [2.75, 3.05) is 0 Å². The lowest BCUT2D eigenvalue weighted by Gasteiger charge is -2.11. The molecule has 3 nitrogen and oxygen atoms in total. The second-order valence-electron chi connectivity index (χ2n) is 4.03. The average Bonchev–Trinajstić information content (AvgIpc) is 2.38. The molecule has 0 radical (unpaired) electrons. The van der Waals surface area contributed by atoms with Crippen LogP contribution in [0.3, 0.4) is 0 Å². The van der Waals surface area contributed by atoms with Gasteiger partial charge < -0.3 is 10.5 Å². The first-order valence-corrected chi connectivity index (χ1v) is 6.39. The van der Waals surface area contributed by atoms with Crippen molar-refractivity contribution < 1.29 is 13.9 Å². The molecule has 0 aromatic heterocycles. The summed E-state index contributed by atoms with van der Waals surface area (Å²) in [5.74, 6) is -0.780. The summed E-state index contributed by atoms with van der Waals surface area (Å²) < 4.78 is 18.4. The van der Waals surface area contributed by atoms with Gasteiger partial charge in [-0.15, -0.1) is 0 Å². The van der Waals surface area contributed by atoms with E-state index >= 15 is 0 Å². The number of carbonyl (C=O) groups is 1. The Morgan fingerprint density at radius 2 is 1.95 bits per heavy atom. The van der Waals surface area contributed by atoms with Crippen LogP contribution in [-0.4, -0.2) is 5.91 Å². The summed E-state index contributed by atoms with van der Waals surface area (Å²) in [6.07, 6.45) is 0. The quantitative estimate of drug-likeness (QED) is 0.933. The van der Waals surface area contributed by atoms with Crippen molar-refractivity contribution in [3.05, 3.63) is 63.4 Å². The lowest BCUT2D eigenvalue weighted by Crippen LogP contribution is -2.13. The number of hydrogen-bond acceptors (Lipinski definition) is 2. The van der Waals surface area contributed by atoms with Crippen LogP contribution in [-0.2, 0) is 6.61 Å². The van der Waals surface area contributed by atoms with E-state index < -0.39 is 11.7 Å². The molecular weight excluding hydrogens is 304 g/mol. The molecular formula is C14H10Cl2FNO2. The Hall–Kier alpha value is -1.78. The fourth-order valence-corrected chi connectivity index (χ4v) is 2.01. The topological polar surface area (TPSA) is 52.3 Å². The Balaban J connectivity index is 2.20. The van der Waals surface area contributed by atoms with Gasteiger partial charge in [0.2, 0.25) is 0 Å². The number of rotatable bonds is 4. The molecule has 0 fully saturated rings. The van der Waals surface area contributed by atoms with Gasteiger partial charge in [-0.3, -0.25) is 4.79 Å². The molecule has 2 rings (SSSR count). The molecule has 6 heteroatoms. The van der Waals surface area contributed by atoms with Gasteiger partial charge in [-0.2, -0.15) is 0 Å². The van der Waals surface area contributed by atoms with Crippen molar-refractivity contribution in [1.29, 1.82) is 0 Å². The summed E-state index contributed by atoms with van der Waals surface area (Å²) in [6, 6.07) is 8.52. The van der Waals surface area contributed by atoms with Gasteiger partial charge in [0.15, 0.2) is 0 Å².